The van der Waals surface area contributed by atoms with Crippen LogP contribution in [0.5, 0.6) is 5.75 Å². The van der Waals surface area contributed by atoms with Crippen LogP contribution in [-0.4, -0.2) is 24.5 Å². The number of ether oxygens (including phenoxy) is 2. The van der Waals surface area contributed by atoms with E-state index in [9.17, 15) is 9.59 Å². The third kappa shape index (κ3) is 5.60. The molecule has 25 heavy (non-hydrogen) atoms. The van der Waals surface area contributed by atoms with Crippen LogP contribution in [0.25, 0.3) is 0 Å². The third-order valence-corrected chi connectivity index (χ3v) is 3.98. The van der Waals surface area contributed by atoms with Crippen LogP contribution in [0.3, 0.4) is 0 Å². The molecule has 0 aliphatic carbocycles. The lowest BCUT2D eigenvalue weighted by Gasteiger charge is -2.15. The van der Waals surface area contributed by atoms with Gasteiger partial charge in [0.1, 0.15) is 18.4 Å². The molecule has 2 aromatic rings. The Morgan fingerprint density at radius 1 is 1.12 bits per heavy atom. The van der Waals surface area contributed by atoms with Crippen molar-refractivity contribution in [1.29, 1.82) is 0 Å². The Labute approximate surface area is 155 Å². The molecular weight excluding hydrogens is 386 g/mol. The lowest BCUT2D eigenvalue weighted by Crippen LogP contribution is -2.39. The van der Waals surface area contributed by atoms with Gasteiger partial charge in [0.05, 0.1) is 6.61 Å². The Balaban J connectivity index is 1.90. The van der Waals surface area contributed by atoms with Gasteiger partial charge in [-0.3, -0.25) is 4.79 Å². The second-order valence-electron chi connectivity index (χ2n) is 5.35. The van der Waals surface area contributed by atoms with Gasteiger partial charge < -0.3 is 14.8 Å². The van der Waals surface area contributed by atoms with Crippen LogP contribution in [0.15, 0.2) is 53.0 Å². The van der Waals surface area contributed by atoms with Crippen LogP contribution in [-0.2, 0) is 16.1 Å². The van der Waals surface area contributed by atoms with Crippen molar-refractivity contribution in [1.82, 2.24) is 5.32 Å². The standard InChI is InChI=1S/C19H20BrNO4/c1-3-24-17-7-5-4-6-15(17)12-25-19(23)13(2)21-18(22)14-8-10-16(20)11-9-14/h4-11,13H,3,12H2,1-2H3,(H,21,22)/t13-/m0/s1. The summed E-state index contributed by atoms with van der Waals surface area (Å²) in [7, 11) is 0. The number of nitrogens with one attached hydrogen (secondary N) is 1. The maximum atomic E-state index is 12.1. The number of para-hydroxylation sites is 1. The average Bonchev–Trinajstić information content (AvgIpc) is 2.61. The lowest BCUT2D eigenvalue weighted by molar-refractivity contribution is -0.146. The Hall–Kier alpha value is -2.34. The van der Waals surface area contributed by atoms with Gasteiger partial charge in [-0.25, -0.2) is 4.79 Å². The zero-order valence-electron chi connectivity index (χ0n) is 14.1. The summed E-state index contributed by atoms with van der Waals surface area (Å²) >= 11 is 3.31. The molecule has 0 bridgehead atoms. The number of hydrogen-bond acceptors (Lipinski definition) is 4. The molecule has 0 fully saturated rings. The predicted octanol–water partition coefficient (Wildman–Crippen LogP) is 3.71. The minimum atomic E-state index is -0.754. The smallest absolute Gasteiger partial charge is 0.328 e. The Morgan fingerprint density at radius 3 is 2.48 bits per heavy atom. The second-order valence-corrected chi connectivity index (χ2v) is 6.27. The van der Waals surface area contributed by atoms with Crippen molar-refractivity contribution in [2.24, 2.45) is 0 Å². The summed E-state index contributed by atoms with van der Waals surface area (Å²) in [6.45, 7) is 4.11. The minimum Gasteiger partial charge on any atom is -0.493 e. The molecule has 0 aliphatic heterocycles. The van der Waals surface area contributed by atoms with Gasteiger partial charge in [0.15, 0.2) is 0 Å². The van der Waals surface area contributed by atoms with E-state index in [2.05, 4.69) is 21.2 Å². The Kier molecular flexibility index (Phi) is 7.01. The van der Waals surface area contributed by atoms with Gasteiger partial charge in [-0.2, -0.15) is 0 Å². The van der Waals surface area contributed by atoms with Gasteiger partial charge in [0.2, 0.25) is 0 Å². The minimum absolute atomic E-state index is 0.0908. The monoisotopic (exact) mass is 405 g/mol. The maximum Gasteiger partial charge on any atom is 0.328 e. The zero-order chi connectivity index (χ0) is 18.2. The molecule has 0 aromatic heterocycles. The SMILES string of the molecule is CCOc1ccccc1COC(=O)[C@H](C)NC(=O)c1ccc(Br)cc1. The highest BCUT2D eigenvalue weighted by Gasteiger charge is 2.18. The van der Waals surface area contributed by atoms with Crippen LogP contribution in [0.2, 0.25) is 0 Å². The van der Waals surface area contributed by atoms with Crippen molar-refractivity contribution < 1.29 is 19.1 Å². The van der Waals surface area contributed by atoms with Gasteiger partial charge in [-0.05, 0) is 44.2 Å². The van der Waals surface area contributed by atoms with Crippen LogP contribution in [0, 0.1) is 0 Å². The van der Waals surface area contributed by atoms with Crippen molar-refractivity contribution in [3.8, 4) is 5.75 Å². The molecule has 0 spiro atoms. The molecule has 6 heteroatoms. The molecule has 1 amide bonds. The van der Waals surface area contributed by atoms with E-state index >= 15 is 0 Å². The molecule has 0 saturated carbocycles. The van der Waals surface area contributed by atoms with E-state index in [1.807, 2.05) is 31.2 Å². The highest BCUT2D eigenvalue weighted by molar-refractivity contribution is 9.10. The van der Waals surface area contributed by atoms with E-state index < -0.39 is 12.0 Å². The second kappa shape index (κ2) is 9.22. The van der Waals surface area contributed by atoms with Crippen molar-refractivity contribution in [2.45, 2.75) is 26.5 Å². The normalized spacial score (nSPS) is 11.5. The number of benzene rings is 2. The molecule has 2 aromatic carbocycles. The first kappa shape index (κ1) is 19.0. The molecule has 1 atom stereocenters. The molecular formula is C19H20BrNO4. The van der Waals surface area contributed by atoms with Crippen molar-refractivity contribution in [3.05, 3.63) is 64.1 Å². The first-order chi connectivity index (χ1) is 12.0. The van der Waals surface area contributed by atoms with E-state index in [-0.39, 0.29) is 12.5 Å². The zero-order valence-corrected chi connectivity index (χ0v) is 15.7. The Morgan fingerprint density at radius 2 is 1.80 bits per heavy atom. The first-order valence-electron chi connectivity index (χ1n) is 7.95. The molecule has 5 nitrogen and oxygen atoms in total. The van der Waals surface area contributed by atoms with Crippen LogP contribution in [0.4, 0.5) is 0 Å². The largest absolute Gasteiger partial charge is 0.493 e. The van der Waals surface area contributed by atoms with E-state index in [1.165, 1.54) is 0 Å². The van der Waals surface area contributed by atoms with E-state index in [4.69, 9.17) is 9.47 Å². The molecule has 0 aliphatic rings. The van der Waals surface area contributed by atoms with Gasteiger partial charge in [-0.1, -0.05) is 34.1 Å². The quantitative estimate of drug-likeness (QED) is 0.713. The van der Waals surface area contributed by atoms with Crippen molar-refractivity contribution in [3.63, 3.8) is 0 Å². The van der Waals surface area contributed by atoms with Gasteiger partial charge in [-0.15, -0.1) is 0 Å². The lowest BCUT2D eigenvalue weighted by atomic mass is 10.2. The van der Waals surface area contributed by atoms with Gasteiger partial charge in [0.25, 0.3) is 5.91 Å². The first-order valence-corrected chi connectivity index (χ1v) is 8.74. The number of carbonyl (C=O) groups excluding carboxylic acids is 2. The fraction of sp³-hybridized carbons (Fsp3) is 0.263. The van der Waals surface area contributed by atoms with E-state index in [0.29, 0.717) is 17.9 Å². The summed E-state index contributed by atoms with van der Waals surface area (Å²) in [5.41, 5.74) is 1.26. The molecule has 0 heterocycles. The fourth-order valence-corrected chi connectivity index (χ4v) is 2.40. The molecule has 0 unspecified atom stereocenters. The summed E-state index contributed by atoms with van der Waals surface area (Å²) in [5.74, 6) is -0.146. The van der Waals surface area contributed by atoms with E-state index in [1.54, 1.807) is 31.2 Å². The number of amides is 1. The molecule has 1 N–H and O–H groups in total. The number of hydrogen-bond donors (Lipinski definition) is 1. The average molecular weight is 406 g/mol. The number of esters is 1. The maximum absolute atomic E-state index is 12.1. The van der Waals surface area contributed by atoms with Crippen molar-refractivity contribution in [2.75, 3.05) is 6.61 Å². The highest BCUT2D eigenvalue weighted by atomic mass is 79.9. The van der Waals surface area contributed by atoms with E-state index in [0.717, 1.165) is 10.0 Å². The molecule has 0 saturated heterocycles. The van der Waals surface area contributed by atoms with Crippen LogP contribution < -0.4 is 10.1 Å². The third-order valence-electron chi connectivity index (χ3n) is 3.45. The number of carbonyl (C=O) groups is 2. The summed E-state index contributed by atoms with van der Waals surface area (Å²) in [6, 6.07) is 13.5. The molecule has 0 radical (unpaired) electrons. The highest BCUT2D eigenvalue weighted by Crippen LogP contribution is 2.19. The van der Waals surface area contributed by atoms with Crippen molar-refractivity contribution >= 4 is 27.8 Å². The number of rotatable bonds is 7. The van der Waals surface area contributed by atoms with Gasteiger partial charge in [0, 0.05) is 15.6 Å². The predicted molar refractivity (Wildman–Crippen MR) is 98.5 cm³/mol. The van der Waals surface area contributed by atoms with Crippen LogP contribution in [0.1, 0.15) is 29.8 Å². The van der Waals surface area contributed by atoms with Crippen LogP contribution >= 0.6 is 15.9 Å². The summed E-state index contributed by atoms with van der Waals surface area (Å²) in [6.07, 6.45) is 0. The topological polar surface area (TPSA) is 64.6 Å². The van der Waals surface area contributed by atoms with Gasteiger partial charge >= 0.3 is 5.97 Å². The summed E-state index contributed by atoms with van der Waals surface area (Å²) in [4.78, 5) is 24.3. The Bertz CT molecular complexity index is 730. The molecule has 132 valence electrons. The molecule has 2 rings (SSSR count). The fourth-order valence-electron chi connectivity index (χ4n) is 2.13. The summed E-state index contributed by atoms with van der Waals surface area (Å²) < 4.78 is 11.7. The summed E-state index contributed by atoms with van der Waals surface area (Å²) in [5, 5.41) is 2.63. The number of halogens is 1.